The van der Waals surface area contributed by atoms with Gasteiger partial charge in [0.15, 0.2) is 11.5 Å². The van der Waals surface area contributed by atoms with Crippen molar-refractivity contribution in [2.45, 2.75) is 0 Å². The minimum atomic E-state index is 0.533. The van der Waals surface area contributed by atoms with E-state index in [2.05, 4.69) is 15.9 Å². The highest BCUT2D eigenvalue weighted by atomic mass is 16.5. The summed E-state index contributed by atoms with van der Waals surface area (Å²) in [5.74, 6) is 1.56. The molecule has 0 aromatic heterocycles. The van der Waals surface area contributed by atoms with Crippen molar-refractivity contribution in [3.63, 3.8) is 0 Å². The first-order chi connectivity index (χ1) is 9.83. The van der Waals surface area contributed by atoms with Gasteiger partial charge in [0.25, 0.3) is 0 Å². The number of ether oxygens (including phenoxy) is 2. The minimum absolute atomic E-state index is 0.533. The normalized spacial score (nSPS) is 16.6. The van der Waals surface area contributed by atoms with Crippen molar-refractivity contribution < 1.29 is 9.47 Å². The number of benzene rings is 1. The van der Waals surface area contributed by atoms with E-state index in [0.717, 1.165) is 44.2 Å². The predicted octanol–water partition coefficient (Wildman–Crippen LogP) is 1.22. The van der Waals surface area contributed by atoms with Crippen molar-refractivity contribution in [3.05, 3.63) is 24.3 Å². The predicted molar refractivity (Wildman–Crippen MR) is 77.0 cm³/mol. The molecule has 0 radical (unpaired) electrons. The van der Waals surface area contributed by atoms with Crippen LogP contribution in [-0.4, -0.2) is 62.8 Å². The molecule has 1 aliphatic heterocycles. The van der Waals surface area contributed by atoms with Gasteiger partial charge in [-0.25, -0.2) is 0 Å². The molecule has 0 N–H and O–H groups in total. The maximum absolute atomic E-state index is 8.66. The average molecular weight is 275 g/mol. The van der Waals surface area contributed by atoms with Crippen molar-refractivity contribution in [1.82, 2.24) is 9.80 Å². The van der Waals surface area contributed by atoms with Gasteiger partial charge in [0.1, 0.15) is 6.61 Å². The largest absolute Gasteiger partial charge is 0.493 e. The summed E-state index contributed by atoms with van der Waals surface area (Å²) in [4.78, 5) is 4.54. The fourth-order valence-corrected chi connectivity index (χ4v) is 2.29. The molecule has 2 rings (SSSR count). The Bertz CT molecular complexity index is 451. The Kier molecular flexibility index (Phi) is 5.66. The van der Waals surface area contributed by atoms with Crippen LogP contribution >= 0.6 is 0 Å². The fraction of sp³-hybridized carbons (Fsp3) is 0.533. The highest BCUT2D eigenvalue weighted by Gasteiger charge is 2.16. The van der Waals surface area contributed by atoms with E-state index >= 15 is 0 Å². The lowest BCUT2D eigenvalue weighted by Gasteiger charge is -2.33. The Morgan fingerprint density at radius 1 is 1.10 bits per heavy atom. The molecule has 0 unspecified atom stereocenters. The average Bonchev–Trinajstić information content (AvgIpc) is 2.50. The smallest absolute Gasteiger partial charge is 0.161 e. The Morgan fingerprint density at radius 3 is 2.40 bits per heavy atom. The third-order valence-electron chi connectivity index (χ3n) is 3.49. The monoisotopic (exact) mass is 275 g/mol. The summed E-state index contributed by atoms with van der Waals surface area (Å²) in [5.41, 5.74) is 0. The number of piperazine rings is 1. The highest BCUT2D eigenvalue weighted by molar-refractivity contribution is 5.39. The summed E-state index contributed by atoms with van der Waals surface area (Å²) in [6.07, 6.45) is 0. The Balaban J connectivity index is 1.70. The van der Waals surface area contributed by atoms with Crippen molar-refractivity contribution in [2.24, 2.45) is 0 Å². The first-order valence-corrected chi connectivity index (χ1v) is 6.91. The van der Waals surface area contributed by atoms with Gasteiger partial charge in [0.2, 0.25) is 0 Å². The van der Waals surface area contributed by atoms with Crippen LogP contribution in [0.3, 0.4) is 0 Å². The molecule has 0 saturated carbocycles. The van der Waals surface area contributed by atoms with Crippen molar-refractivity contribution >= 4 is 0 Å². The van der Waals surface area contributed by atoms with Crippen LogP contribution in [0.4, 0.5) is 0 Å². The quantitative estimate of drug-likeness (QED) is 0.731. The lowest BCUT2D eigenvalue weighted by molar-refractivity contribution is 0.125. The van der Waals surface area contributed by atoms with Gasteiger partial charge in [-0.05, 0) is 12.1 Å². The van der Waals surface area contributed by atoms with Crippen LogP contribution in [0.5, 0.6) is 11.5 Å². The van der Waals surface area contributed by atoms with Crippen LogP contribution < -0.4 is 9.47 Å². The van der Waals surface area contributed by atoms with E-state index in [1.165, 1.54) is 0 Å². The summed E-state index contributed by atoms with van der Waals surface area (Å²) in [5, 5.41) is 8.66. The summed E-state index contributed by atoms with van der Waals surface area (Å²) in [6.45, 7) is 6.00. The number of rotatable bonds is 6. The first kappa shape index (κ1) is 14.6. The summed E-state index contributed by atoms with van der Waals surface area (Å²) >= 11 is 0. The van der Waals surface area contributed by atoms with Crippen molar-refractivity contribution in [2.75, 3.05) is 53.0 Å². The molecule has 5 nitrogen and oxygen atoms in total. The lowest BCUT2D eigenvalue weighted by atomic mass is 10.3. The van der Waals surface area contributed by atoms with Crippen molar-refractivity contribution in [3.8, 4) is 17.6 Å². The van der Waals surface area contributed by atoms with E-state index in [9.17, 15) is 0 Å². The van der Waals surface area contributed by atoms with E-state index < -0.39 is 0 Å². The maximum Gasteiger partial charge on any atom is 0.161 e. The topological polar surface area (TPSA) is 48.7 Å². The number of nitriles is 1. The Morgan fingerprint density at radius 2 is 1.75 bits per heavy atom. The molecule has 1 aromatic rings. The third kappa shape index (κ3) is 4.12. The standard InChI is InChI=1S/C15H21N3O2/c1-19-14-4-2-3-5-15(14)20-13-12-18-10-8-17(7-6-16)9-11-18/h2-5H,7-13H2,1H3. The van der Waals surface area contributed by atoms with Gasteiger partial charge in [0.05, 0.1) is 19.7 Å². The Labute approximate surface area is 120 Å². The summed E-state index contributed by atoms with van der Waals surface area (Å²) < 4.78 is 11.0. The second-order valence-electron chi connectivity index (χ2n) is 4.78. The van der Waals surface area contributed by atoms with Crippen LogP contribution in [-0.2, 0) is 0 Å². The number of hydrogen-bond acceptors (Lipinski definition) is 5. The zero-order valence-electron chi connectivity index (χ0n) is 11.9. The highest BCUT2D eigenvalue weighted by Crippen LogP contribution is 2.25. The van der Waals surface area contributed by atoms with Crippen LogP contribution in [0.25, 0.3) is 0 Å². The second kappa shape index (κ2) is 7.73. The molecular weight excluding hydrogens is 254 g/mol. The molecule has 0 bridgehead atoms. The molecule has 1 fully saturated rings. The zero-order chi connectivity index (χ0) is 14.2. The van der Waals surface area contributed by atoms with E-state index in [4.69, 9.17) is 14.7 Å². The third-order valence-corrected chi connectivity index (χ3v) is 3.49. The molecule has 108 valence electrons. The number of nitrogens with zero attached hydrogens (tertiary/aromatic N) is 3. The van der Waals surface area contributed by atoms with Gasteiger partial charge in [0, 0.05) is 32.7 Å². The van der Waals surface area contributed by atoms with Gasteiger partial charge in [-0.1, -0.05) is 12.1 Å². The van der Waals surface area contributed by atoms with Crippen LogP contribution in [0.2, 0.25) is 0 Å². The molecule has 0 atom stereocenters. The Hall–Kier alpha value is -1.77. The van der Waals surface area contributed by atoms with E-state index in [1.807, 2.05) is 24.3 Å². The molecular formula is C15H21N3O2. The fourth-order valence-electron chi connectivity index (χ4n) is 2.29. The van der Waals surface area contributed by atoms with E-state index in [-0.39, 0.29) is 0 Å². The minimum Gasteiger partial charge on any atom is -0.493 e. The van der Waals surface area contributed by atoms with Gasteiger partial charge in [-0.2, -0.15) is 5.26 Å². The van der Waals surface area contributed by atoms with Crippen molar-refractivity contribution in [1.29, 1.82) is 5.26 Å². The van der Waals surface area contributed by atoms with Gasteiger partial charge < -0.3 is 9.47 Å². The molecule has 0 aliphatic carbocycles. The van der Waals surface area contributed by atoms with Crippen LogP contribution in [0.15, 0.2) is 24.3 Å². The zero-order valence-corrected chi connectivity index (χ0v) is 11.9. The second-order valence-corrected chi connectivity index (χ2v) is 4.78. The molecule has 20 heavy (non-hydrogen) atoms. The maximum atomic E-state index is 8.66. The molecule has 1 aliphatic rings. The number of hydrogen-bond donors (Lipinski definition) is 0. The van der Waals surface area contributed by atoms with Crippen LogP contribution in [0, 0.1) is 11.3 Å². The van der Waals surface area contributed by atoms with Gasteiger partial charge in [-0.15, -0.1) is 0 Å². The van der Waals surface area contributed by atoms with Crippen LogP contribution in [0.1, 0.15) is 0 Å². The summed E-state index contributed by atoms with van der Waals surface area (Å²) in [7, 11) is 1.65. The lowest BCUT2D eigenvalue weighted by Crippen LogP contribution is -2.47. The number of methoxy groups -OCH3 is 1. The van der Waals surface area contributed by atoms with E-state index in [1.54, 1.807) is 7.11 Å². The molecule has 1 aromatic carbocycles. The van der Waals surface area contributed by atoms with Gasteiger partial charge in [-0.3, -0.25) is 9.80 Å². The molecule has 0 amide bonds. The van der Waals surface area contributed by atoms with Gasteiger partial charge >= 0.3 is 0 Å². The first-order valence-electron chi connectivity index (χ1n) is 6.91. The number of para-hydroxylation sites is 2. The SMILES string of the molecule is COc1ccccc1OCCN1CCN(CC#N)CC1. The summed E-state index contributed by atoms with van der Waals surface area (Å²) in [6, 6.07) is 9.89. The van der Waals surface area contributed by atoms with E-state index in [0.29, 0.717) is 13.2 Å². The molecule has 1 saturated heterocycles. The molecule has 5 heteroatoms. The molecule has 0 spiro atoms. The molecule has 1 heterocycles.